The first-order valence-electron chi connectivity index (χ1n) is 6.60. The molecule has 1 unspecified atom stereocenters. The summed E-state index contributed by atoms with van der Waals surface area (Å²) in [6.45, 7) is 2.85. The maximum atomic E-state index is 10.7. The zero-order valence-electron chi connectivity index (χ0n) is 11.7. The second-order valence-corrected chi connectivity index (χ2v) is 4.96. The van der Waals surface area contributed by atoms with E-state index in [9.17, 15) is 9.90 Å². The highest BCUT2D eigenvalue weighted by molar-refractivity contribution is 5.84. The minimum atomic E-state index is -1.10. The molecule has 0 saturated carbocycles. The molecule has 7 nitrogen and oxygen atoms in total. The number of aliphatic hydroxyl groups is 1. The van der Waals surface area contributed by atoms with Gasteiger partial charge in [0, 0.05) is 6.54 Å². The lowest BCUT2D eigenvalue weighted by Crippen LogP contribution is -2.44. The monoisotopic (exact) mass is 290 g/mol. The van der Waals surface area contributed by atoms with Gasteiger partial charge >= 0.3 is 5.97 Å². The number of nitrogens with zero attached hydrogens (tertiary/aromatic N) is 3. The number of carboxylic acids is 1. The van der Waals surface area contributed by atoms with Gasteiger partial charge < -0.3 is 15.5 Å². The van der Waals surface area contributed by atoms with Gasteiger partial charge in [0.15, 0.2) is 5.69 Å². The van der Waals surface area contributed by atoms with Crippen molar-refractivity contribution in [1.29, 1.82) is 0 Å². The van der Waals surface area contributed by atoms with E-state index >= 15 is 0 Å². The molecule has 1 aromatic heterocycles. The lowest BCUT2D eigenvalue weighted by Gasteiger charge is -2.29. The van der Waals surface area contributed by atoms with Gasteiger partial charge in [0.1, 0.15) is 0 Å². The van der Waals surface area contributed by atoms with E-state index in [0.29, 0.717) is 13.1 Å². The van der Waals surface area contributed by atoms with Gasteiger partial charge in [0.05, 0.1) is 24.9 Å². The summed E-state index contributed by atoms with van der Waals surface area (Å²) in [6, 6.07) is 9.65. The van der Waals surface area contributed by atoms with Crippen LogP contribution in [-0.4, -0.2) is 44.3 Å². The van der Waals surface area contributed by atoms with Crippen molar-refractivity contribution in [2.45, 2.75) is 19.0 Å². The Morgan fingerprint density at radius 2 is 2.10 bits per heavy atom. The lowest BCUT2D eigenvalue weighted by molar-refractivity contribution is 0.0690. The molecule has 0 saturated heterocycles. The summed E-state index contributed by atoms with van der Waals surface area (Å²) in [5, 5.41) is 29.0. The van der Waals surface area contributed by atoms with E-state index in [2.05, 4.69) is 15.6 Å². The van der Waals surface area contributed by atoms with Crippen LogP contribution in [0.15, 0.2) is 36.5 Å². The number of aliphatic hydroxyl groups excluding tert-OH is 1. The number of nitrogens with one attached hydrogen (secondary N) is 1. The van der Waals surface area contributed by atoms with Gasteiger partial charge in [-0.15, -0.1) is 5.10 Å². The highest BCUT2D eigenvalue weighted by Crippen LogP contribution is 2.19. The molecule has 0 bridgehead atoms. The van der Waals surface area contributed by atoms with Crippen LogP contribution in [-0.2, 0) is 12.1 Å². The second kappa shape index (κ2) is 6.47. The number of carbonyl (C=O) groups is 1. The molecule has 0 aliphatic heterocycles. The van der Waals surface area contributed by atoms with Crippen molar-refractivity contribution in [1.82, 2.24) is 20.3 Å². The zero-order chi connectivity index (χ0) is 15.3. The zero-order valence-corrected chi connectivity index (χ0v) is 11.7. The molecule has 1 atom stereocenters. The van der Waals surface area contributed by atoms with Crippen LogP contribution in [0.2, 0.25) is 0 Å². The molecule has 1 aromatic carbocycles. The Bertz CT molecular complexity index is 599. The number of benzene rings is 1. The van der Waals surface area contributed by atoms with Crippen LogP contribution in [0.5, 0.6) is 0 Å². The van der Waals surface area contributed by atoms with Gasteiger partial charge in [0.2, 0.25) is 0 Å². The van der Waals surface area contributed by atoms with E-state index in [1.54, 1.807) is 0 Å². The van der Waals surface area contributed by atoms with Crippen LogP contribution in [0.3, 0.4) is 0 Å². The summed E-state index contributed by atoms with van der Waals surface area (Å²) >= 11 is 0. The average molecular weight is 290 g/mol. The van der Waals surface area contributed by atoms with Crippen molar-refractivity contribution < 1.29 is 15.0 Å². The largest absolute Gasteiger partial charge is 0.476 e. The topological polar surface area (TPSA) is 100 Å². The SMILES string of the molecule is CC(CO)(NCCn1cc(C(=O)O)nn1)c1ccccc1. The first-order valence-corrected chi connectivity index (χ1v) is 6.60. The summed E-state index contributed by atoms with van der Waals surface area (Å²) in [5.41, 5.74) is 0.345. The Morgan fingerprint density at radius 3 is 2.67 bits per heavy atom. The molecule has 2 rings (SSSR count). The van der Waals surface area contributed by atoms with E-state index in [4.69, 9.17) is 5.11 Å². The Labute approximate surface area is 122 Å². The molecular formula is C14H18N4O3. The number of aromatic carboxylic acids is 1. The molecule has 0 aliphatic rings. The summed E-state index contributed by atoms with van der Waals surface area (Å²) in [7, 11) is 0. The summed E-state index contributed by atoms with van der Waals surface area (Å²) in [4.78, 5) is 10.7. The van der Waals surface area contributed by atoms with Crippen molar-refractivity contribution in [3.63, 3.8) is 0 Å². The summed E-state index contributed by atoms with van der Waals surface area (Å²) in [6.07, 6.45) is 1.38. The Hall–Kier alpha value is -2.25. The fourth-order valence-electron chi connectivity index (χ4n) is 2.01. The molecule has 0 radical (unpaired) electrons. The molecule has 0 spiro atoms. The highest BCUT2D eigenvalue weighted by Gasteiger charge is 2.24. The van der Waals surface area contributed by atoms with Gasteiger partial charge in [-0.05, 0) is 12.5 Å². The van der Waals surface area contributed by atoms with E-state index < -0.39 is 11.5 Å². The minimum Gasteiger partial charge on any atom is -0.476 e. The van der Waals surface area contributed by atoms with Crippen molar-refractivity contribution >= 4 is 5.97 Å². The molecule has 0 fully saturated rings. The Morgan fingerprint density at radius 1 is 1.38 bits per heavy atom. The van der Waals surface area contributed by atoms with Crippen LogP contribution in [0.25, 0.3) is 0 Å². The molecule has 3 N–H and O–H groups in total. The lowest BCUT2D eigenvalue weighted by atomic mass is 9.93. The van der Waals surface area contributed by atoms with Gasteiger partial charge in [-0.3, -0.25) is 4.68 Å². The molecule has 2 aromatic rings. The number of carboxylic acid groups (broad SMARTS) is 1. The second-order valence-electron chi connectivity index (χ2n) is 4.96. The van der Waals surface area contributed by atoms with Gasteiger partial charge in [0.25, 0.3) is 0 Å². The van der Waals surface area contributed by atoms with Crippen molar-refractivity contribution in [2.75, 3.05) is 13.2 Å². The Kier molecular flexibility index (Phi) is 4.66. The molecule has 112 valence electrons. The molecule has 7 heteroatoms. The van der Waals surface area contributed by atoms with E-state index in [1.165, 1.54) is 10.9 Å². The molecule has 21 heavy (non-hydrogen) atoms. The Balaban J connectivity index is 1.95. The molecular weight excluding hydrogens is 272 g/mol. The van der Waals surface area contributed by atoms with Crippen molar-refractivity contribution in [2.24, 2.45) is 0 Å². The first kappa shape index (κ1) is 15.1. The van der Waals surface area contributed by atoms with Crippen molar-refractivity contribution in [3.05, 3.63) is 47.8 Å². The number of hydrogen-bond acceptors (Lipinski definition) is 5. The number of aromatic nitrogens is 3. The molecule has 1 heterocycles. The predicted molar refractivity (Wildman–Crippen MR) is 75.9 cm³/mol. The van der Waals surface area contributed by atoms with Gasteiger partial charge in [-0.25, -0.2) is 4.79 Å². The van der Waals surface area contributed by atoms with E-state index in [1.807, 2.05) is 37.3 Å². The van der Waals surface area contributed by atoms with E-state index in [-0.39, 0.29) is 12.3 Å². The standard InChI is InChI=1S/C14H18N4O3/c1-14(10-19,11-5-3-2-4-6-11)15-7-8-18-9-12(13(20)21)16-17-18/h2-6,9,15,19H,7-8,10H2,1H3,(H,20,21). The number of rotatable bonds is 7. The number of hydrogen-bond donors (Lipinski definition) is 3. The van der Waals surface area contributed by atoms with Crippen LogP contribution >= 0.6 is 0 Å². The van der Waals surface area contributed by atoms with E-state index in [0.717, 1.165) is 5.56 Å². The first-order chi connectivity index (χ1) is 10.0. The maximum absolute atomic E-state index is 10.7. The quantitative estimate of drug-likeness (QED) is 0.685. The van der Waals surface area contributed by atoms with Crippen LogP contribution < -0.4 is 5.32 Å². The summed E-state index contributed by atoms with van der Waals surface area (Å²) in [5.74, 6) is -1.10. The highest BCUT2D eigenvalue weighted by atomic mass is 16.4. The third kappa shape index (κ3) is 3.65. The predicted octanol–water partition coefficient (Wildman–Crippen LogP) is 0.474. The third-order valence-corrected chi connectivity index (χ3v) is 3.34. The normalized spacial score (nSPS) is 13.8. The molecule has 0 amide bonds. The van der Waals surface area contributed by atoms with Gasteiger partial charge in [-0.1, -0.05) is 35.5 Å². The summed E-state index contributed by atoms with van der Waals surface area (Å²) < 4.78 is 1.46. The maximum Gasteiger partial charge on any atom is 0.358 e. The van der Waals surface area contributed by atoms with Crippen molar-refractivity contribution in [3.8, 4) is 0 Å². The van der Waals surface area contributed by atoms with Crippen LogP contribution in [0.4, 0.5) is 0 Å². The fourth-order valence-corrected chi connectivity index (χ4v) is 2.01. The van der Waals surface area contributed by atoms with Crippen LogP contribution in [0.1, 0.15) is 23.0 Å². The average Bonchev–Trinajstić information content (AvgIpc) is 2.97. The third-order valence-electron chi connectivity index (χ3n) is 3.34. The molecule has 0 aliphatic carbocycles. The fraction of sp³-hybridized carbons (Fsp3) is 0.357. The van der Waals surface area contributed by atoms with Gasteiger partial charge in [-0.2, -0.15) is 0 Å². The smallest absolute Gasteiger partial charge is 0.358 e. The van der Waals surface area contributed by atoms with Crippen LogP contribution in [0, 0.1) is 0 Å². The minimum absolute atomic E-state index is 0.0469.